The van der Waals surface area contributed by atoms with Crippen LogP contribution in [-0.2, 0) is 0 Å². The van der Waals surface area contributed by atoms with Gasteiger partial charge < -0.3 is 16.4 Å². The molecule has 7 heteroatoms. The van der Waals surface area contributed by atoms with Gasteiger partial charge in [0.15, 0.2) is 0 Å². The first-order valence-corrected chi connectivity index (χ1v) is 4.89. The molecular weight excluding hydrogens is 221 g/mol. The molecule has 16 heavy (non-hydrogen) atoms. The molecular formula is C9H15F3N4. The normalized spacial score (nSPS) is 21.2. The van der Waals surface area contributed by atoms with Crippen molar-refractivity contribution >= 4 is 5.84 Å². The largest absolute Gasteiger partial charge is 0.397 e. The van der Waals surface area contributed by atoms with Crippen LogP contribution in [0.2, 0.25) is 0 Å². The number of nitrogens with two attached hydrogens (primary N) is 1. The first-order valence-electron chi connectivity index (χ1n) is 4.89. The van der Waals surface area contributed by atoms with Crippen LogP contribution in [0, 0.1) is 11.3 Å². The summed E-state index contributed by atoms with van der Waals surface area (Å²) in [5.74, 6) is -2.04. The molecule has 0 aromatic carbocycles. The second-order valence-electron chi connectivity index (χ2n) is 3.98. The van der Waals surface area contributed by atoms with Crippen LogP contribution in [0.15, 0.2) is 11.4 Å². The molecule has 1 unspecified atom stereocenters. The molecule has 92 valence electrons. The van der Waals surface area contributed by atoms with E-state index >= 15 is 0 Å². The summed E-state index contributed by atoms with van der Waals surface area (Å²) < 4.78 is 37.9. The summed E-state index contributed by atoms with van der Waals surface area (Å²) in [6.07, 6.45) is -4.38. The number of hydrogen-bond donors (Lipinski definition) is 4. The molecule has 0 spiro atoms. The third kappa shape index (κ3) is 2.59. The van der Waals surface area contributed by atoms with Gasteiger partial charge in [-0.2, -0.15) is 13.2 Å². The molecule has 0 amide bonds. The molecule has 0 saturated heterocycles. The van der Waals surface area contributed by atoms with Gasteiger partial charge in [-0.15, -0.1) is 0 Å². The van der Waals surface area contributed by atoms with E-state index in [9.17, 15) is 13.2 Å². The quantitative estimate of drug-likeness (QED) is 0.425. The highest BCUT2D eigenvalue weighted by Crippen LogP contribution is 2.34. The summed E-state index contributed by atoms with van der Waals surface area (Å²) in [5.41, 5.74) is 5.24. The summed E-state index contributed by atoms with van der Waals surface area (Å²) in [6.45, 7) is 3.19. The Morgan fingerprint density at radius 1 is 1.56 bits per heavy atom. The highest BCUT2D eigenvalue weighted by atomic mass is 19.4. The van der Waals surface area contributed by atoms with E-state index in [-0.39, 0.29) is 29.8 Å². The van der Waals surface area contributed by atoms with Crippen LogP contribution >= 0.6 is 0 Å². The van der Waals surface area contributed by atoms with E-state index in [1.54, 1.807) is 13.8 Å². The van der Waals surface area contributed by atoms with E-state index in [4.69, 9.17) is 11.1 Å². The molecule has 1 aliphatic rings. The number of amidine groups is 1. The third-order valence-corrected chi connectivity index (χ3v) is 2.23. The predicted octanol–water partition coefficient (Wildman–Crippen LogP) is 0.914. The maximum atomic E-state index is 12.6. The fourth-order valence-electron chi connectivity index (χ4n) is 1.55. The Labute approximate surface area is 91.6 Å². The lowest BCUT2D eigenvalue weighted by Crippen LogP contribution is -2.37. The molecule has 0 fully saturated rings. The molecule has 5 N–H and O–H groups in total. The lowest BCUT2D eigenvalue weighted by molar-refractivity contribution is -0.159. The molecule has 0 saturated carbocycles. The van der Waals surface area contributed by atoms with Gasteiger partial charge in [-0.25, -0.2) is 0 Å². The van der Waals surface area contributed by atoms with Crippen LogP contribution in [0.5, 0.6) is 0 Å². The van der Waals surface area contributed by atoms with E-state index in [0.717, 1.165) is 0 Å². The Kier molecular flexibility index (Phi) is 3.35. The lowest BCUT2D eigenvalue weighted by atomic mass is 10.00. The smallest absolute Gasteiger partial charge is 0.385 e. The molecule has 1 aliphatic heterocycles. The van der Waals surface area contributed by atoms with Gasteiger partial charge in [0.1, 0.15) is 17.6 Å². The van der Waals surface area contributed by atoms with Crippen molar-refractivity contribution in [3.63, 3.8) is 0 Å². The second kappa shape index (κ2) is 4.23. The minimum absolute atomic E-state index is 0.0690. The number of nitrogens with one attached hydrogen (secondary N) is 3. The van der Waals surface area contributed by atoms with Gasteiger partial charge in [0.05, 0.1) is 0 Å². The molecule has 1 atom stereocenters. The van der Waals surface area contributed by atoms with Gasteiger partial charge in [-0.3, -0.25) is 5.41 Å². The summed E-state index contributed by atoms with van der Waals surface area (Å²) in [4.78, 5) is 0. The zero-order chi connectivity index (χ0) is 12.5. The van der Waals surface area contributed by atoms with Crippen molar-refractivity contribution in [3.8, 4) is 0 Å². The van der Waals surface area contributed by atoms with Crippen molar-refractivity contribution in [3.05, 3.63) is 11.4 Å². The Bertz CT molecular complexity index is 319. The molecule has 1 heterocycles. The standard InChI is InChI=1S/C9H15F3N4/c1-4(2)16-8(14)6-5(9(10,11)12)3-15-7(6)13/h4-5,15H,3,13H2,1-2H3,(H2,14,16). The van der Waals surface area contributed by atoms with Gasteiger partial charge in [0.2, 0.25) is 0 Å². The molecule has 4 nitrogen and oxygen atoms in total. The predicted molar refractivity (Wildman–Crippen MR) is 54.8 cm³/mol. The molecule has 0 aliphatic carbocycles. The average Bonchev–Trinajstić information content (AvgIpc) is 2.44. The van der Waals surface area contributed by atoms with E-state index in [0.29, 0.717) is 0 Å². The van der Waals surface area contributed by atoms with Crippen molar-refractivity contribution in [2.45, 2.75) is 26.1 Å². The second-order valence-corrected chi connectivity index (χ2v) is 3.98. The number of hydrogen-bond acceptors (Lipinski definition) is 3. The van der Waals surface area contributed by atoms with Gasteiger partial charge >= 0.3 is 6.18 Å². The first kappa shape index (κ1) is 12.7. The van der Waals surface area contributed by atoms with Gasteiger partial charge in [0.25, 0.3) is 0 Å². The fraction of sp³-hybridized carbons (Fsp3) is 0.667. The maximum Gasteiger partial charge on any atom is 0.397 e. The topological polar surface area (TPSA) is 73.9 Å². The maximum absolute atomic E-state index is 12.6. The van der Waals surface area contributed by atoms with Crippen molar-refractivity contribution in [2.24, 2.45) is 11.7 Å². The summed E-state index contributed by atoms with van der Waals surface area (Å²) in [7, 11) is 0. The highest BCUT2D eigenvalue weighted by Gasteiger charge is 2.47. The minimum Gasteiger partial charge on any atom is -0.385 e. The van der Waals surface area contributed by atoms with Crippen molar-refractivity contribution in [1.82, 2.24) is 10.6 Å². The zero-order valence-electron chi connectivity index (χ0n) is 9.07. The molecule has 0 radical (unpaired) electrons. The van der Waals surface area contributed by atoms with E-state index in [2.05, 4.69) is 10.6 Å². The minimum atomic E-state index is -4.38. The molecule has 1 rings (SSSR count). The Hall–Kier alpha value is -1.40. The van der Waals surface area contributed by atoms with Gasteiger partial charge in [-0.05, 0) is 13.8 Å². The molecule has 0 aromatic heterocycles. The summed E-state index contributed by atoms with van der Waals surface area (Å²) in [5, 5.41) is 12.6. The monoisotopic (exact) mass is 236 g/mol. The van der Waals surface area contributed by atoms with Crippen molar-refractivity contribution in [2.75, 3.05) is 6.54 Å². The van der Waals surface area contributed by atoms with Crippen molar-refractivity contribution < 1.29 is 13.2 Å². The van der Waals surface area contributed by atoms with Crippen molar-refractivity contribution in [1.29, 1.82) is 5.41 Å². The number of rotatable bonds is 2. The van der Waals surface area contributed by atoms with Crippen LogP contribution in [0.1, 0.15) is 13.8 Å². The van der Waals surface area contributed by atoms with Gasteiger partial charge in [0, 0.05) is 18.2 Å². The highest BCUT2D eigenvalue weighted by molar-refractivity contribution is 5.97. The van der Waals surface area contributed by atoms with Crippen LogP contribution in [0.25, 0.3) is 0 Å². The van der Waals surface area contributed by atoms with Gasteiger partial charge in [-0.1, -0.05) is 0 Å². The van der Waals surface area contributed by atoms with E-state index in [1.807, 2.05) is 0 Å². The number of alkyl halides is 3. The summed E-state index contributed by atoms with van der Waals surface area (Å²) in [6, 6.07) is -0.109. The van der Waals surface area contributed by atoms with Crippen LogP contribution in [-0.4, -0.2) is 24.6 Å². The number of halogens is 3. The average molecular weight is 236 g/mol. The van der Waals surface area contributed by atoms with Crippen LogP contribution < -0.4 is 16.4 Å². The first-order chi connectivity index (χ1) is 7.23. The fourth-order valence-corrected chi connectivity index (χ4v) is 1.55. The van der Waals surface area contributed by atoms with Crippen LogP contribution in [0.4, 0.5) is 13.2 Å². The van der Waals surface area contributed by atoms with E-state index < -0.39 is 12.1 Å². The third-order valence-electron chi connectivity index (χ3n) is 2.23. The van der Waals surface area contributed by atoms with E-state index in [1.165, 1.54) is 0 Å². The summed E-state index contributed by atoms with van der Waals surface area (Å²) >= 11 is 0. The van der Waals surface area contributed by atoms with Crippen LogP contribution in [0.3, 0.4) is 0 Å². The lowest BCUT2D eigenvalue weighted by Gasteiger charge is -2.20. The SMILES string of the molecule is CC(C)NC(=N)C1=C(N)NCC1C(F)(F)F. The Balaban J connectivity index is 2.90. The Morgan fingerprint density at radius 3 is 2.56 bits per heavy atom. The zero-order valence-corrected chi connectivity index (χ0v) is 9.07. The molecule has 0 bridgehead atoms. The Morgan fingerprint density at radius 2 is 2.12 bits per heavy atom. The molecule has 0 aromatic rings.